The predicted octanol–water partition coefficient (Wildman–Crippen LogP) is 3.61. The Morgan fingerprint density at radius 2 is 1.90 bits per heavy atom. The number of thioether (sulfide) groups is 1. The van der Waals surface area contributed by atoms with Crippen LogP contribution in [0.15, 0.2) is 53.1 Å². The minimum absolute atomic E-state index is 0.106. The Balaban J connectivity index is 2.06. The molecule has 7 heteroatoms. The van der Waals surface area contributed by atoms with Gasteiger partial charge in [0.05, 0.1) is 5.25 Å². The molecule has 0 bridgehead atoms. The van der Waals surface area contributed by atoms with Gasteiger partial charge in [-0.3, -0.25) is 14.5 Å². The quantitative estimate of drug-likeness (QED) is 0.618. The Kier molecular flexibility index (Phi) is 6.04. The van der Waals surface area contributed by atoms with E-state index < -0.39 is 11.2 Å². The van der Waals surface area contributed by atoms with E-state index in [4.69, 9.17) is 0 Å². The predicted molar refractivity (Wildman–Crippen MR) is 112 cm³/mol. The van der Waals surface area contributed by atoms with Gasteiger partial charge in [0.15, 0.2) is 0 Å². The monoisotopic (exact) mass is 409 g/mol. The number of carbonyl (C=O) groups excluding carboxylic acids is 2. The molecule has 0 aromatic heterocycles. The fourth-order valence-corrected chi connectivity index (χ4v) is 4.35. The van der Waals surface area contributed by atoms with Crippen molar-refractivity contribution >= 4 is 29.3 Å². The summed E-state index contributed by atoms with van der Waals surface area (Å²) in [5, 5.41) is 11.8. The van der Waals surface area contributed by atoms with Crippen molar-refractivity contribution in [2.45, 2.75) is 25.5 Å². The number of amides is 2. The minimum atomic E-state index is -0.543. The molecule has 0 aliphatic carbocycles. The Morgan fingerprint density at radius 1 is 1.21 bits per heavy atom. The van der Waals surface area contributed by atoms with Gasteiger partial charge in [0.1, 0.15) is 22.5 Å². The molecule has 2 aromatic carbocycles. The Labute approximate surface area is 173 Å². The SMILES string of the molecule is CNC(=O)/C(C#N)=C1\SC(Cc2ccc(F)cc2)C(=O)N1c1ccc(C)c(C)c1. The standard InChI is InChI=1S/C22H20FN3O2S/c1-13-4-9-17(10-14(13)2)26-21(28)19(11-15-5-7-16(23)8-6-15)29-22(26)18(12-24)20(27)25-3/h4-10,19H,11H2,1-3H3,(H,25,27)/b22-18-. The second-order valence-corrected chi connectivity index (χ2v) is 7.94. The second-order valence-electron chi connectivity index (χ2n) is 6.75. The first kappa shape index (κ1) is 20.6. The van der Waals surface area contributed by atoms with Crippen LogP contribution in [0.5, 0.6) is 0 Å². The average molecular weight is 409 g/mol. The molecule has 0 radical (unpaired) electrons. The largest absolute Gasteiger partial charge is 0.354 e. The van der Waals surface area contributed by atoms with E-state index >= 15 is 0 Å². The highest BCUT2D eigenvalue weighted by molar-refractivity contribution is 8.05. The third-order valence-electron chi connectivity index (χ3n) is 4.82. The van der Waals surface area contributed by atoms with E-state index in [9.17, 15) is 19.2 Å². The minimum Gasteiger partial charge on any atom is -0.354 e. The van der Waals surface area contributed by atoms with Crippen LogP contribution in [0.3, 0.4) is 0 Å². The highest BCUT2D eigenvalue weighted by atomic mass is 32.2. The fourth-order valence-electron chi connectivity index (χ4n) is 3.05. The van der Waals surface area contributed by atoms with Crippen LogP contribution in [0, 0.1) is 31.0 Å². The second kappa shape index (κ2) is 8.50. The van der Waals surface area contributed by atoms with Crippen molar-refractivity contribution < 1.29 is 14.0 Å². The highest BCUT2D eigenvalue weighted by Gasteiger charge is 2.40. The third kappa shape index (κ3) is 4.17. The molecule has 1 aliphatic rings. The van der Waals surface area contributed by atoms with Crippen molar-refractivity contribution in [2.75, 3.05) is 11.9 Å². The topological polar surface area (TPSA) is 73.2 Å². The summed E-state index contributed by atoms with van der Waals surface area (Å²) >= 11 is 1.19. The first-order valence-corrected chi connectivity index (χ1v) is 9.92. The lowest BCUT2D eigenvalue weighted by Gasteiger charge is -2.19. The van der Waals surface area contributed by atoms with Crippen molar-refractivity contribution in [3.8, 4) is 6.07 Å². The normalized spacial score (nSPS) is 17.8. The number of nitriles is 1. The van der Waals surface area contributed by atoms with Gasteiger partial charge in [-0.05, 0) is 61.2 Å². The van der Waals surface area contributed by atoms with Crippen molar-refractivity contribution in [3.05, 3.63) is 75.6 Å². The van der Waals surface area contributed by atoms with Crippen LogP contribution >= 0.6 is 11.8 Å². The molecule has 2 amide bonds. The van der Waals surface area contributed by atoms with Gasteiger partial charge in [0, 0.05) is 12.7 Å². The zero-order chi connectivity index (χ0) is 21.1. The van der Waals surface area contributed by atoms with Crippen LogP contribution in [-0.2, 0) is 16.0 Å². The molecule has 1 aliphatic heterocycles. The third-order valence-corrected chi connectivity index (χ3v) is 6.08. The van der Waals surface area contributed by atoms with Crippen LogP contribution in [0.4, 0.5) is 10.1 Å². The number of likely N-dealkylation sites (N-methyl/N-ethyl adjacent to an activating group) is 1. The maximum absolute atomic E-state index is 13.3. The van der Waals surface area contributed by atoms with E-state index in [2.05, 4.69) is 5.32 Å². The van der Waals surface area contributed by atoms with E-state index in [0.29, 0.717) is 17.1 Å². The summed E-state index contributed by atoms with van der Waals surface area (Å²) in [6.07, 6.45) is 0.362. The summed E-state index contributed by atoms with van der Waals surface area (Å²) in [6, 6.07) is 13.5. The Morgan fingerprint density at radius 3 is 2.48 bits per heavy atom. The lowest BCUT2D eigenvalue weighted by atomic mass is 10.1. The number of halogens is 1. The first-order chi connectivity index (χ1) is 13.8. The summed E-state index contributed by atoms with van der Waals surface area (Å²) in [6.45, 7) is 3.91. The zero-order valence-electron chi connectivity index (χ0n) is 16.3. The number of hydrogen-bond acceptors (Lipinski definition) is 4. The van der Waals surface area contributed by atoms with Crippen molar-refractivity contribution in [2.24, 2.45) is 0 Å². The fraction of sp³-hybridized carbons (Fsp3) is 0.227. The van der Waals surface area contributed by atoms with E-state index in [0.717, 1.165) is 16.7 Å². The lowest BCUT2D eigenvalue weighted by Crippen LogP contribution is -2.31. The number of rotatable bonds is 4. The highest BCUT2D eigenvalue weighted by Crippen LogP contribution is 2.42. The van der Waals surface area contributed by atoms with Gasteiger partial charge in [-0.25, -0.2) is 4.39 Å². The van der Waals surface area contributed by atoms with E-state index in [1.165, 1.54) is 35.8 Å². The van der Waals surface area contributed by atoms with Crippen LogP contribution in [0.25, 0.3) is 0 Å². The smallest absolute Gasteiger partial charge is 0.264 e. The molecule has 3 rings (SSSR count). The van der Waals surface area contributed by atoms with E-state index in [-0.39, 0.29) is 17.3 Å². The van der Waals surface area contributed by atoms with Gasteiger partial charge >= 0.3 is 0 Å². The van der Waals surface area contributed by atoms with Crippen molar-refractivity contribution in [3.63, 3.8) is 0 Å². The number of carbonyl (C=O) groups is 2. The molecular weight excluding hydrogens is 389 g/mol. The Hall–Kier alpha value is -3.11. The van der Waals surface area contributed by atoms with E-state index in [1.54, 1.807) is 18.2 Å². The summed E-state index contributed by atoms with van der Waals surface area (Å²) in [7, 11) is 1.44. The maximum atomic E-state index is 13.3. The van der Waals surface area contributed by atoms with Gasteiger partial charge < -0.3 is 5.32 Å². The molecule has 5 nitrogen and oxygen atoms in total. The molecule has 0 saturated carbocycles. The van der Waals surface area contributed by atoms with Gasteiger partial charge in [-0.1, -0.05) is 30.0 Å². The van der Waals surface area contributed by atoms with Crippen LogP contribution in [0.1, 0.15) is 16.7 Å². The summed E-state index contributed by atoms with van der Waals surface area (Å²) in [4.78, 5) is 27.0. The summed E-state index contributed by atoms with van der Waals surface area (Å²) < 4.78 is 13.2. The van der Waals surface area contributed by atoms with Crippen LogP contribution < -0.4 is 10.2 Å². The maximum Gasteiger partial charge on any atom is 0.264 e. The number of hydrogen-bond donors (Lipinski definition) is 1. The molecule has 148 valence electrons. The zero-order valence-corrected chi connectivity index (χ0v) is 17.1. The summed E-state index contributed by atoms with van der Waals surface area (Å²) in [5.74, 6) is -1.10. The molecule has 1 atom stereocenters. The van der Waals surface area contributed by atoms with Crippen molar-refractivity contribution in [1.29, 1.82) is 5.26 Å². The molecule has 2 aromatic rings. The van der Waals surface area contributed by atoms with Gasteiger partial charge in [-0.15, -0.1) is 0 Å². The first-order valence-electron chi connectivity index (χ1n) is 9.04. The average Bonchev–Trinajstić information content (AvgIpc) is 3.02. The molecule has 1 saturated heterocycles. The molecular formula is C22H20FN3O2S. The Bertz CT molecular complexity index is 1040. The summed E-state index contributed by atoms with van der Waals surface area (Å²) in [5.41, 5.74) is 3.38. The van der Waals surface area contributed by atoms with Crippen LogP contribution in [-0.4, -0.2) is 24.1 Å². The number of nitrogens with one attached hydrogen (secondary N) is 1. The number of nitrogens with zero attached hydrogens (tertiary/aromatic N) is 2. The van der Waals surface area contributed by atoms with Gasteiger partial charge in [0.25, 0.3) is 5.91 Å². The van der Waals surface area contributed by atoms with E-state index in [1.807, 2.05) is 32.0 Å². The van der Waals surface area contributed by atoms with Gasteiger partial charge in [-0.2, -0.15) is 5.26 Å². The molecule has 1 unspecified atom stereocenters. The molecule has 1 N–H and O–H groups in total. The number of benzene rings is 2. The van der Waals surface area contributed by atoms with Gasteiger partial charge in [0.2, 0.25) is 5.91 Å². The molecule has 29 heavy (non-hydrogen) atoms. The number of aryl methyl sites for hydroxylation is 2. The molecule has 1 fully saturated rings. The van der Waals surface area contributed by atoms with Crippen molar-refractivity contribution in [1.82, 2.24) is 5.32 Å². The molecule has 1 heterocycles. The lowest BCUT2D eigenvalue weighted by molar-refractivity contribution is -0.117. The molecule has 0 spiro atoms. The number of anilines is 1. The van der Waals surface area contributed by atoms with Crippen LogP contribution in [0.2, 0.25) is 0 Å².